The fourth-order valence-corrected chi connectivity index (χ4v) is 2.20. The number of hydrogen-bond acceptors (Lipinski definition) is 4. The van der Waals surface area contributed by atoms with E-state index < -0.39 is 12.1 Å². The fourth-order valence-electron chi connectivity index (χ4n) is 2.20. The Morgan fingerprint density at radius 3 is 2.74 bits per heavy atom. The van der Waals surface area contributed by atoms with Crippen molar-refractivity contribution in [3.05, 3.63) is 0 Å². The Morgan fingerprint density at radius 2 is 2.16 bits per heavy atom. The van der Waals surface area contributed by atoms with E-state index >= 15 is 0 Å². The summed E-state index contributed by atoms with van der Waals surface area (Å²) >= 11 is 0. The average molecular weight is 272 g/mol. The van der Waals surface area contributed by atoms with Crippen molar-refractivity contribution < 1.29 is 19.4 Å². The predicted octanol–water partition coefficient (Wildman–Crippen LogP) is 0.465. The molecule has 110 valence electrons. The molecule has 0 radical (unpaired) electrons. The van der Waals surface area contributed by atoms with Crippen molar-refractivity contribution >= 4 is 11.9 Å². The van der Waals surface area contributed by atoms with Gasteiger partial charge in [-0.1, -0.05) is 13.3 Å². The Labute approximate surface area is 114 Å². The Bertz CT molecular complexity index is 322. The molecule has 2 N–H and O–H groups in total. The summed E-state index contributed by atoms with van der Waals surface area (Å²) in [6.45, 7) is 7.04. The van der Waals surface area contributed by atoms with E-state index in [0.29, 0.717) is 13.2 Å². The second-order valence-electron chi connectivity index (χ2n) is 5.07. The lowest BCUT2D eigenvalue weighted by atomic mass is 10.1. The van der Waals surface area contributed by atoms with Gasteiger partial charge in [0.1, 0.15) is 0 Å². The summed E-state index contributed by atoms with van der Waals surface area (Å²) in [7, 11) is 0. The third kappa shape index (κ3) is 4.80. The zero-order valence-corrected chi connectivity index (χ0v) is 11.9. The van der Waals surface area contributed by atoms with Crippen LogP contribution in [0.4, 0.5) is 0 Å². The van der Waals surface area contributed by atoms with E-state index in [1.54, 1.807) is 6.92 Å². The van der Waals surface area contributed by atoms with Crippen molar-refractivity contribution in [1.82, 2.24) is 10.2 Å². The summed E-state index contributed by atoms with van der Waals surface area (Å²) in [6, 6.07) is -0.179. The van der Waals surface area contributed by atoms with Gasteiger partial charge in [-0.05, 0) is 20.3 Å². The van der Waals surface area contributed by atoms with Crippen LogP contribution >= 0.6 is 0 Å². The molecule has 0 aromatic rings. The molecule has 0 aromatic heterocycles. The second-order valence-corrected chi connectivity index (χ2v) is 5.07. The zero-order chi connectivity index (χ0) is 14.4. The van der Waals surface area contributed by atoms with Crippen LogP contribution in [0.25, 0.3) is 0 Å². The fraction of sp³-hybridized carbons (Fsp3) is 0.846. The van der Waals surface area contributed by atoms with E-state index in [4.69, 9.17) is 9.84 Å². The van der Waals surface area contributed by atoms with Gasteiger partial charge in [-0.25, -0.2) is 4.79 Å². The maximum Gasteiger partial charge on any atom is 0.334 e. The summed E-state index contributed by atoms with van der Waals surface area (Å²) < 4.78 is 5.15. The molecular formula is C13H24N2O4. The molecule has 1 saturated heterocycles. The number of carbonyl (C=O) groups is 2. The maximum atomic E-state index is 12.1. The predicted molar refractivity (Wildman–Crippen MR) is 70.9 cm³/mol. The lowest BCUT2D eigenvalue weighted by Crippen LogP contribution is -2.54. The van der Waals surface area contributed by atoms with Crippen LogP contribution in [0.15, 0.2) is 0 Å². The molecule has 1 heterocycles. The van der Waals surface area contributed by atoms with E-state index in [0.717, 1.165) is 12.8 Å². The molecule has 1 rings (SSSR count). The van der Waals surface area contributed by atoms with Gasteiger partial charge in [-0.3, -0.25) is 9.69 Å². The molecule has 6 nitrogen and oxygen atoms in total. The number of carboxylic acids is 1. The largest absolute Gasteiger partial charge is 0.479 e. The first-order chi connectivity index (χ1) is 8.95. The van der Waals surface area contributed by atoms with Crippen molar-refractivity contribution in [2.45, 2.75) is 51.8 Å². The summed E-state index contributed by atoms with van der Waals surface area (Å²) in [5.74, 6) is -1.02. The van der Waals surface area contributed by atoms with Gasteiger partial charge in [0, 0.05) is 19.1 Å². The van der Waals surface area contributed by atoms with Gasteiger partial charge in [-0.2, -0.15) is 0 Å². The van der Waals surface area contributed by atoms with Gasteiger partial charge < -0.3 is 15.2 Å². The highest BCUT2D eigenvalue weighted by molar-refractivity contribution is 5.81. The second kappa shape index (κ2) is 7.45. The van der Waals surface area contributed by atoms with Crippen molar-refractivity contribution in [2.24, 2.45) is 0 Å². The van der Waals surface area contributed by atoms with E-state index in [2.05, 4.69) is 12.2 Å². The van der Waals surface area contributed by atoms with Crippen LogP contribution in [0.5, 0.6) is 0 Å². The van der Waals surface area contributed by atoms with Gasteiger partial charge in [0.2, 0.25) is 5.91 Å². The lowest BCUT2D eigenvalue weighted by Gasteiger charge is -2.34. The highest BCUT2D eigenvalue weighted by atomic mass is 16.5. The van der Waals surface area contributed by atoms with Crippen LogP contribution in [0.1, 0.15) is 33.6 Å². The number of amides is 1. The molecule has 0 aromatic carbocycles. The van der Waals surface area contributed by atoms with Gasteiger partial charge in [0.15, 0.2) is 6.10 Å². The van der Waals surface area contributed by atoms with E-state index in [1.165, 1.54) is 0 Å². The molecule has 19 heavy (non-hydrogen) atoms. The van der Waals surface area contributed by atoms with Gasteiger partial charge in [-0.15, -0.1) is 0 Å². The number of nitrogens with one attached hydrogen (secondary N) is 1. The molecule has 3 atom stereocenters. The van der Waals surface area contributed by atoms with E-state index in [-0.39, 0.29) is 24.5 Å². The average Bonchev–Trinajstić information content (AvgIpc) is 2.38. The van der Waals surface area contributed by atoms with Crippen molar-refractivity contribution in [2.75, 3.05) is 19.7 Å². The molecule has 0 saturated carbocycles. The monoisotopic (exact) mass is 272 g/mol. The molecule has 0 spiro atoms. The number of morpholine rings is 1. The minimum absolute atomic E-state index is 0.0491. The standard InChI is InChI=1S/C13H24N2O4/c1-4-5-9(2)14-12(16)10(3)15-6-7-19-11(8-15)13(17)18/h9-11H,4-8H2,1-3H3,(H,14,16)(H,17,18). The third-order valence-corrected chi connectivity index (χ3v) is 3.41. The Balaban J connectivity index is 2.49. The smallest absolute Gasteiger partial charge is 0.334 e. The zero-order valence-electron chi connectivity index (χ0n) is 11.9. The summed E-state index contributed by atoms with van der Waals surface area (Å²) in [6.07, 6.45) is 1.13. The molecule has 3 unspecified atom stereocenters. The lowest BCUT2D eigenvalue weighted by molar-refractivity contribution is -0.158. The SMILES string of the molecule is CCCC(C)NC(=O)C(C)N1CCOC(C(=O)O)C1. The van der Waals surface area contributed by atoms with Crippen LogP contribution in [0.2, 0.25) is 0 Å². The van der Waals surface area contributed by atoms with Crippen LogP contribution in [-0.2, 0) is 14.3 Å². The summed E-state index contributed by atoms with van der Waals surface area (Å²) in [5, 5.41) is 11.9. The number of nitrogens with zero attached hydrogens (tertiary/aromatic N) is 1. The van der Waals surface area contributed by atoms with Crippen LogP contribution in [0, 0.1) is 0 Å². The van der Waals surface area contributed by atoms with E-state index in [1.807, 2.05) is 11.8 Å². The number of hydrogen-bond donors (Lipinski definition) is 2. The maximum absolute atomic E-state index is 12.1. The number of carbonyl (C=O) groups excluding carboxylic acids is 1. The summed E-state index contributed by atoms with van der Waals surface area (Å²) in [5.41, 5.74) is 0. The van der Waals surface area contributed by atoms with Crippen LogP contribution in [0.3, 0.4) is 0 Å². The highest BCUT2D eigenvalue weighted by Gasteiger charge is 2.31. The minimum Gasteiger partial charge on any atom is -0.479 e. The quantitative estimate of drug-likeness (QED) is 0.734. The van der Waals surface area contributed by atoms with Crippen molar-refractivity contribution in [3.8, 4) is 0 Å². The molecule has 0 bridgehead atoms. The van der Waals surface area contributed by atoms with Crippen LogP contribution < -0.4 is 5.32 Å². The Hall–Kier alpha value is -1.14. The first-order valence-corrected chi connectivity index (χ1v) is 6.84. The Morgan fingerprint density at radius 1 is 1.47 bits per heavy atom. The third-order valence-electron chi connectivity index (χ3n) is 3.41. The molecule has 0 aliphatic carbocycles. The van der Waals surface area contributed by atoms with Crippen molar-refractivity contribution in [1.29, 1.82) is 0 Å². The van der Waals surface area contributed by atoms with E-state index in [9.17, 15) is 9.59 Å². The number of carboxylic acid groups (broad SMARTS) is 1. The van der Waals surface area contributed by atoms with Gasteiger partial charge >= 0.3 is 5.97 Å². The normalized spacial score (nSPS) is 23.6. The number of aliphatic carboxylic acids is 1. The molecule has 1 aliphatic rings. The molecule has 1 fully saturated rings. The van der Waals surface area contributed by atoms with Crippen LogP contribution in [-0.4, -0.2) is 59.8 Å². The molecule has 1 aliphatic heterocycles. The number of rotatable bonds is 6. The number of ether oxygens (including phenoxy) is 1. The molecule has 6 heteroatoms. The highest BCUT2D eigenvalue weighted by Crippen LogP contribution is 2.10. The van der Waals surface area contributed by atoms with Gasteiger partial charge in [0.05, 0.1) is 12.6 Å². The topological polar surface area (TPSA) is 78.9 Å². The molecule has 1 amide bonds. The first-order valence-electron chi connectivity index (χ1n) is 6.84. The Kier molecular flexibility index (Phi) is 6.24. The van der Waals surface area contributed by atoms with Gasteiger partial charge in [0.25, 0.3) is 0 Å². The molecular weight excluding hydrogens is 248 g/mol. The van der Waals surface area contributed by atoms with Crippen molar-refractivity contribution in [3.63, 3.8) is 0 Å². The summed E-state index contributed by atoms with van der Waals surface area (Å²) in [4.78, 5) is 24.8. The minimum atomic E-state index is -0.975. The first kappa shape index (κ1) is 15.9.